The molecular formula is C24H23F3N4O2. The van der Waals surface area contributed by atoms with E-state index in [1.807, 2.05) is 18.2 Å². The minimum absolute atomic E-state index is 0.110. The number of rotatable bonds is 7. The molecule has 0 aliphatic carbocycles. The first-order valence-corrected chi connectivity index (χ1v) is 10.6. The van der Waals surface area contributed by atoms with Crippen LogP contribution in [0.15, 0.2) is 67.1 Å². The Kier molecular flexibility index (Phi) is 6.76. The molecule has 0 unspecified atom stereocenters. The Bertz CT molecular complexity index is 1070. The van der Waals surface area contributed by atoms with Gasteiger partial charge < -0.3 is 15.0 Å². The molecule has 1 saturated heterocycles. The molecule has 4 rings (SSSR count). The van der Waals surface area contributed by atoms with Gasteiger partial charge in [0.15, 0.2) is 0 Å². The van der Waals surface area contributed by atoms with E-state index in [0.717, 1.165) is 50.2 Å². The number of likely N-dealkylation sites (tertiary alicyclic amines) is 1. The Hall–Kier alpha value is -3.62. The third-order valence-electron chi connectivity index (χ3n) is 5.42. The molecule has 0 bridgehead atoms. The van der Waals surface area contributed by atoms with Gasteiger partial charge >= 0.3 is 12.2 Å². The largest absolute Gasteiger partial charge is 0.439 e. The van der Waals surface area contributed by atoms with Gasteiger partial charge in [0.25, 0.3) is 0 Å². The molecule has 1 aliphatic rings. The smallest absolute Gasteiger partial charge is 0.417 e. The number of amides is 2. The van der Waals surface area contributed by atoms with Crippen molar-refractivity contribution in [2.24, 2.45) is 5.92 Å². The van der Waals surface area contributed by atoms with Crippen LogP contribution in [-0.2, 0) is 12.6 Å². The first-order chi connectivity index (χ1) is 15.9. The first-order valence-electron chi connectivity index (χ1n) is 10.6. The second-order valence-corrected chi connectivity index (χ2v) is 7.97. The van der Waals surface area contributed by atoms with Gasteiger partial charge in [0.2, 0.25) is 5.88 Å². The highest BCUT2D eigenvalue weighted by Gasteiger charge is 2.31. The lowest BCUT2D eigenvalue weighted by Crippen LogP contribution is -2.51. The van der Waals surface area contributed by atoms with Crippen LogP contribution in [0.3, 0.4) is 0 Å². The maximum Gasteiger partial charge on any atom is 0.417 e. The minimum Gasteiger partial charge on any atom is -0.439 e. The van der Waals surface area contributed by atoms with Crippen molar-refractivity contribution in [1.82, 2.24) is 14.9 Å². The number of nitrogens with zero attached hydrogens (tertiary/aromatic N) is 3. The fourth-order valence-electron chi connectivity index (χ4n) is 3.65. The number of carbonyl (C=O) groups excluding carboxylic acids is 1. The summed E-state index contributed by atoms with van der Waals surface area (Å²) in [7, 11) is 0. The number of alkyl halides is 3. The van der Waals surface area contributed by atoms with Crippen LogP contribution in [0.1, 0.15) is 24.0 Å². The highest BCUT2D eigenvalue weighted by molar-refractivity contribution is 5.89. The number of aromatic nitrogens is 2. The zero-order valence-electron chi connectivity index (χ0n) is 17.8. The molecule has 1 N–H and O–H groups in total. The summed E-state index contributed by atoms with van der Waals surface area (Å²) in [5.41, 5.74) is 0.942. The second kappa shape index (κ2) is 9.89. The number of hydrogen-bond donors (Lipinski definition) is 1. The van der Waals surface area contributed by atoms with Gasteiger partial charge in [-0.2, -0.15) is 13.2 Å². The van der Waals surface area contributed by atoms with Gasteiger partial charge in [-0.3, -0.25) is 4.98 Å². The van der Waals surface area contributed by atoms with Crippen molar-refractivity contribution in [3.05, 3.63) is 78.2 Å². The summed E-state index contributed by atoms with van der Waals surface area (Å²) in [6.45, 7) is 1.46. The predicted molar refractivity (Wildman–Crippen MR) is 117 cm³/mol. The van der Waals surface area contributed by atoms with Crippen molar-refractivity contribution in [3.8, 4) is 11.6 Å². The number of nitrogens with one attached hydrogen (secondary N) is 1. The van der Waals surface area contributed by atoms with E-state index in [-0.39, 0.29) is 11.9 Å². The molecule has 2 aromatic heterocycles. The SMILES string of the molecule is O=C(Nc1cccnc1)N1CC(CCCc2cccc(Oc3ccc(C(F)(F)F)cn3)c2)C1. The zero-order valence-corrected chi connectivity index (χ0v) is 17.8. The Balaban J connectivity index is 1.20. The first kappa shape index (κ1) is 22.6. The highest BCUT2D eigenvalue weighted by atomic mass is 19.4. The summed E-state index contributed by atoms with van der Waals surface area (Å²) in [6.07, 6.45) is 2.41. The van der Waals surface area contributed by atoms with Gasteiger partial charge in [0.1, 0.15) is 5.75 Å². The summed E-state index contributed by atoms with van der Waals surface area (Å²) in [6, 6.07) is 13.1. The van der Waals surface area contributed by atoms with E-state index in [9.17, 15) is 18.0 Å². The van der Waals surface area contributed by atoms with Crippen LogP contribution in [0.5, 0.6) is 11.6 Å². The normalized spacial score (nSPS) is 14.0. The number of urea groups is 1. The number of benzene rings is 1. The van der Waals surface area contributed by atoms with Crippen LogP contribution in [0.2, 0.25) is 0 Å². The molecule has 3 aromatic rings. The van der Waals surface area contributed by atoms with Gasteiger partial charge in [0.05, 0.1) is 17.4 Å². The second-order valence-electron chi connectivity index (χ2n) is 7.97. The fourth-order valence-corrected chi connectivity index (χ4v) is 3.65. The minimum atomic E-state index is -4.42. The number of carbonyl (C=O) groups is 1. The molecule has 3 heterocycles. The molecule has 0 atom stereocenters. The summed E-state index contributed by atoms with van der Waals surface area (Å²) in [5, 5.41) is 2.83. The van der Waals surface area contributed by atoms with Gasteiger partial charge in [-0.15, -0.1) is 0 Å². The number of pyridine rings is 2. The number of halogens is 3. The fraction of sp³-hybridized carbons (Fsp3) is 0.292. The van der Waals surface area contributed by atoms with E-state index < -0.39 is 11.7 Å². The molecule has 172 valence electrons. The Labute approximate surface area is 189 Å². The maximum absolute atomic E-state index is 12.6. The molecule has 6 nitrogen and oxygen atoms in total. The van der Waals surface area contributed by atoms with E-state index in [1.54, 1.807) is 35.5 Å². The zero-order chi connectivity index (χ0) is 23.3. The average molecular weight is 456 g/mol. The summed E-state index contributed by atoms with van der Waals surface area (Å²) < 4.78 is 43.5. The predicted octanol–water partition coefficient (Wildman–Crippen LogP) is 5.77. The lowest BCUT2D eigenvalue weighted by atomic mass is 9.93. The Morgan fingerprint density at radius 2 is 1.97 bits per heavy atom. The van der Waals surface area contributed by atoms with Gasteiger partial charge in [-0.05, 0) is 61.1 Å². The standard InChI is InChI=1S/C24H23F3N4O2/c25-24(26,27)19-9-10-22(29-13-19)33-21-8-2-5-17(12-21)4-1-6-18-15-31(16-18)23(32)30-20-7-3-11-28-14-20/h2-3,5,7-14,18H,1,4,6,15-16H2,(H,30,32). The third-order valence-corrected chi connectivity index (χ3v) is 5.42. The maximum atomic E-state index is 12.6. The van der Waals surface area contributed by atoms with Crippen LogP contribution >= 0.6 is 0 Å². The molecule has 1 fully saturated rings. The molecule has 0 spiro atoms. The quantitative estimate of drug-likeness (QED) is 0.490. The topological polar surface area (TPSA) is 67.4 Å². The molecule has 2 amide bonds. The van der Waals surface area contributed by atoms with Gasteiger partial charge in [-0.1, -0.05) is 12.1 Å². The molecule has 0 radical (unpaired) electrons. The third kappa shape index (κ3) is 6.21. The van der Waals surface area contributed by atoms with Crippen LogP contribution in [0, 0.1) is 5.92 Å². The van der Waals surface area contributed by atoms with E-state index in [0.29, 0.717) is 17.4 Å². The van der Waals surface area contributed by atoms with Crippen LogP contribution < -0.4 is 10.1 Å². The van der Waals surface area contributed by atoms with Crippen molar-refractivity contribution in [2.45, 2.75) is 25.4 Å². The summed E-state index contributed by atoms with van der Waals surface area (Å²) in [5.74, 6) is 1.11. The number of ether oxygens (including phenoxy) is 1. The summed E-state index contributed by atoms with van der Waals surface area (Å²) in [4.78, 5) is 21.7. The van der Waals surface area contributed by atoms with Crippen molar-refractivity contribution in [2.75, 3.05) is 18.4 Å². The van der Waals surface area contributed by atoms with Crippen molar-refractivity contribution in [3.63, 3.8) is 0 Å². The lowest BCUT2D eigenvalue weighted by molar-refractivity contribution is -0.137. The average Bonchev–Trinajstić information content (AvgIpc) is 2.76. The Morgan fingerprint density at radius 3 is 2.67 bits per heavy atom. The van der Waals surface area contributed by atoms with E-state index >= 15 is 0 Å². The Morgan fingerprint density at radius 1 is 1.12 bits per heavy atom. The van der Waals surface area contributed by atoms with Gasteiger partial charge in [0, 0.05) is 31.5 Å². The van der Waals surface area contributed by atoms with Crippen LogP contribution in [-0.4, -0.2) is 34.0 Å². The number of hydrogen-bond acceptors (Lipinski definition) is 4. The summed E-state index contributed by atoms with van der Waals surface area (Å²) >= 11 is 0. The van der Waals surface area contributed by atoms with Crippen molar-refractivity contribution >= 4 is 11.7 Å². The highest BCUT2D eigenvalue weighted by Crippen LogP contribution is 2.30. The van der Waals surface area contributed by atoms with E-state index in [2.05, 4.69) is 15.3 Å². The van der Waals surface area contributed by atoms with E-state index in [4.69, 9.17) is 4.74 Å². The molecule has 1 aromatic carbocycles. The van der Waals surface area contributed by atoms with Crippen LogP contribution in [0.4, 0.5) is 23.7 Å². The molecule has 33 heavy (non-hydrogen) atoms. The molecular weight excluding hydrogens is 433 g/mol. The monoisotopic (exact) mass is 456 g/mol. The van der Waals surface area contributed by atoms with E-state index in [1.165, 1.54) is 6.07 Å². The van der Waals surface area contributed by atoms with Crippen molar-refractivity contribution in [1.29, 1.82) is 0 Å². The number of anilines is 1. The van der Waals surface area contributed by atoms with Gasteiger partial charge in [-0.25, -0.2) is 9.78 Å². The van der Waals surface area contributed by atoms with Crippen molar-refractivity contribution < 1.29 is 22.7 Å². The lowest BCUT2D eigenvalue weighted by Gasteiger charge is -2.39. The van der Waals surface area contributed by atoms with Crippen LogP contribution in [0.25, 0.3) is 0 Å². The molecule has 0 saturated carbocycles. The number of aryl methyl sites for hydroxylation is 1. The molecule has 1 aliphatic heterocycles. The molecule has 9 heteroatoms.